The zero-order chi connectivity index (χ0) is 12.1. The normalized spacial score (nSPS) is 9.59. The van der Waals surface area contributed by atoms with Crippen molar-refractivity contribution in [3.63, 3.8) is 0 Å². The maximum absolute atomic E-state index is 8.68. The van der Waals surface area contributed by atoms with Gasteiger partial charge in [0.05, 0.1) is 29.2 Å². The Kier molecular flexibility index (Phi) is 3.22. The molecule has 0 bridgehead atoms. The number of nitrogens with one attached hydrogen (secondary N) is 1. The minimum atomic E-state index is 0.626. The van der Waals surface area contributed by atoms with Gasteiger partial charge in [0, 0.05) is 12.7 Å². The molecule has 2 rings (SSSR count). The van der Waals surface area contributed by atoms with Gasteiger partial charge in [0.1, 0.15) is 0 Å². The number of nitrogens with zero attached hydrogens (tertiary/aromatic N) is 2. The third kappa shape index (κ3) is 2.73. The van der Waals surface area contributed by atoms with Gasteiger partial charge >= 0.3 is 0 Å². The molecule has 1 heterocycles. The van der Waals surface area contributed by atoms with E-state index in [1.54, 1.807) is 24.5 Å². The molecule has 0 amide bonds. The molecule has 0 radical (unpaired) electrons. The lowest BCUT2D eigenvalue weighted by Gasteiger charge is -2.08. The summed E-state index contributed by atoms with van der Waals surface area (Å²) in [4.78, 5) is 3.92. The molecule has 0 saturated heterocycles. The zero-order valence-electron chi connectivity index (χ0n) is 9.22. The summed E-state index contributed by atoms with van der Waals surface area (Å²) in [5.41, 5.74) is 9.01. The Balaban J connectivity index is 2.03. The third-order valence-corrected chi connectivity index (χ3v) is 2.42. The van der Waals surface area contributed by atoms with Gasteiger partial charge in [-0.05, 0) is 23.8 Å². The van der Waals surface area contributed by atoms with Crippen molar-refractivity contribution in [2.45, 2.75) is 6.54 Å². The Bertz CT molecular complexity index is 540. The fourth-order valence-corrected chi connectivity index (χ4v) is 1.46. The lowest BCUT2D eigenvalue weighted by atomic mass is 10.1. The van der Waals surface area contributed by atoms with Gasteiger partial charge in [-0.25, -0.2) is 0 Å². The first-order valence-corrected chi connectivity index (χ1v) is 5.22. The molecule has 2 aromatic rings. The van der Waals surface area contributed by atoms with E-state index in [1.807, 2.05) is 18.2 Å². The van der Waals surface area contributed by atoms with Crippen LogP contribution in [0.1, 0.15) is 11.1 Å². The Morgan fingerprint density at radius 3 is 2.65 bits per heavy atom. The van der Waals surface area contributed by atoms with Crippen molar-refractivity contribution in [1.29, 1.82) is 5.26 Å². The molecule has 3 N–H and O–H groups in total. The highest BCUT2D eigenvalue weighted by Gasteiger charge is 1.98. The first kappa shape index (κ1) is 11.0. The second-order valence-corrected chi connectivity index (χ2v) is 3.63. The standard InChI is InChI=1S/C13H12N4/c14-7-10-1-3-11(4-2-10)8-17-13-5-6-16-9-12(13)15/h1-6,9H,8,15H2,(H,16,17). The topological polar surface area (TPSA) is 74.7 Å². The Morgan fingerprint density at radius 2 is 2.00 bits per heavy atom. The number of anilines is 2. The molecule has 0 fully saturated rings. The summed E-state index contributed by atoms with van der Waals surface area (Å²) in [6.07, 6.45) is 3.30. The Labute approximate surface area is 99.7 Å². The third-order valence-electron chi connectivity index (χ3n) is 2.42. The summed E-state index contributed by atoms with van der Waals surface area (Å²) in [5, 5.41) is 11.9. The van der Waals surface area contributed by atoms with Crippen molar-refractivity contribution >= 4 is 11.4 Å². The quantitative estimate of drug-likeness (QED) is 0.837. The fraction of sp³-hybridized carbons (Fsp3) is 0.0769. The van der Waals surface area contributed by atoms with Crippen LogP contribution in [0.3, 0.4) is 0 Å². The smallest absolute Gasteiger partial charge is 0.0991 e. The van der Waals surface area contributed by atoms with E-state index >= 15 is 0 Å². The second kappa shape index (κ2) is 4.99. The fourth-order valence-electron chi connectivity index (χ4n) is 1.46. The van der Waals surface area contributed by atoms with Crippen molar-refractivity contribution < 1.29 is 0 Å². The van der Waals surface area contributed by atoms with Crippen LogP contribution in [0.25, 0.3) is 0 Å². The molecule has 0 unspecified atom stereocenters. The predicted octanol–water partition coefficient (Wildman–Crippen LogP) is 2.15. The molecule has 1 aromatic heterocycles. The lowest BCUT2D eigenvalue weighted by Crippen LogP contribution is -2.02. The molecule has 0 atom stereocenters. The van der Waals surface area contributed by atoms with Crippen LogP contribution < -0.4 is 11.1 Å². The van der Waals surface area contributed by atoms with E-state index < -0.39 is 0 Å². The number of benzene rings is 1. The molecule has 84 valence electrons. The molecule has 4 heteroatoms. The maximum Gasteiger partial charge on any atom is 0.0991 e. The van der Waals surface area contributed by atoms with Crippen molar-refractivity contribution in [2.75, 3.05) is 11.1 Å². The minimum Gasteiger partial charge on any atom is -0.396 e. The van der Waals surface area contributed by atoms with E-state index in [2.05, 4.69) is 16.4 Å². The van der Waals surface area contributed by atoms with Gasteiger partial charge in [-0.1, -0.05) is 12.1 Å². The summed E-state index contributed by atoms with van der Waals surface area (Å²) < 4.78 is 0. The van der Waals surface area contributed by atoms with E-state index in [4.69, 9.17) is 11.0 Å². The molecule has 1 aromatic carbocycles. The summed E-state index contributed by atoms with van der Waals surface area (Å²) in [6.45, 7) is 0.667. The number of nitriles is 1. The molecule has 0 spiro atoms. The number of nitrogens with two attached hydrogens (primary N) is 1. The molecule has 0 saturated carbocycles. The van der Waals surface area contributed by atoms with E-state index in [0.29, 0.717) is 17.8 Å². The largest absolute Gasteiger partial charge is 0.396 e. The summed E-state index contributed by atoms with van der Waals surface area (Å²) >= 11 is 0. The van der Waals surface area contributed by atoms with Crippen LogP contribution in [-0.4, -0.2) is 4.98 Å². The number of hydrogen-bond acceptors (Lipinski definition) is 4. The van der Waals surface area contributed by atoms with Gasteiger partial charge in [-0.3, -0.25) is 4.98 Å². The van der Waals surface area contributed by atoms with Gasteiger partial charge in [-0.2, -0.15) is 5.26 Å². The van der Waals surface area contributed by atoms with Crippen LogP contribution in [0.2, 0.25) is 0 Å². The number of hydrogen-bond donors (Lipinski definition) is 2. The number of rotatable bonds is 3. The van der Waals surface area contributed by atoms with E-state index in [0.717, 1.165) is 11.3 Å². The predicted molar refractivity (Wildman–Crippen MR) is 67.1 cm³/mol. The SMILES string of the molecule is N#Cc1ccc(CNc2ccncc2N)cc1. The lowest BCUT2D eigenvalue weighted by molar-refractivity contribution is 1.14. The first-order valence-electron chi connectivity index (χ1n) is 5.22. The van der Waals surface area contributed by atoms with Crippen LogP contribution in [-0.2, 0) is 6.54 Å². The molecule has 4 nitrogen and oxygen atoms in total. The summed E-state index contributed by atoms with van der Waals surface area (Å²) in [5.74, 6) is 0. The van der Waals surface area contributed by atoms with Crippen molar-refractivity contribution in [2.24, 2.45) is 0 Å². The summed E-state index contributed by atoms with van der Waals surface area (Å²) in [6, 6.07) is 11.4. The van der Waals surface area contributed by atoms with Gasteiger partial charge < -0.3 is 11.1 Å². The minimum absolute atomic E-state index is 0.626. The monoisotopic (exact) mass is 224 g/mol. The summed E-state index contributed by atoms with van der Waals surface area (Å²) in [7, 11) is 0. The van der Waals surface area contributed by atoms with E-state index in [9.17, 15) is 0 Å². The Hall–Kier alpha value is -2.54. The van der Waals surface area contributed by atoms with Crippen LogP contribution in [0, 0.1) is 11.3 Å². The van der Waals surface area contributed by atoms with Gasteiger partial charge in [-0.15, -0.1) is 0 Å². The Morgan fingerprint density at radius 1 is 1.24 bits per heavy atom. The first-order chi connectivity index (χ1) is 8.29. The molecular formula is C13H12N4. The van der Waals surface area contributed by atoms with Crippen LogP contribution in [0.4, 0.5) is 11.4 Å². The van der Waals surface area contributed by atoms with Crippen molar-refractivity contribution in [1.82, 2.24) is 4.98 Å². The van der Waals surface area contributed by atoms with Crippen LogP contribution >= 0.6 is 0 Å². The van der Waals surface area contributed by atoms with Gasteiger partial charge in [0.25, 0.3) is 0 Å². The average Bonchev–Trinajstić information content (AvgIpc) is 2.38. The molecule has 0 aliphatic carbocycles. The molecule has 0 aliphatic heterocycles. The maximum atomic E-state index is 8.68. The highest BCUT2D eigenvalue weighted by atomic mass is 14.9. The van der Waals surface area contributed by atoms with E-state index in [1.165, 1.54) is 0 Å². The molecule has 0 aliphatic rings. The van der Waals surface area contributed by atoms with Crippen molar-refractivity contribution in [3.05, 3.63) is 53.9 Å². The number of nitrogen functional groups attached to an aromatic ring is 1. The van der Waals surface area contributed by atoms with Crippen molar-refractivity contribution in [3.8, 4) is 6.07 Å². The van der Waals surface area contributed by atoms with Gasteiger partial charge in [0.2, 0.25) is 0 Å². The number of pyridine rings is 1. The highest BCUT2D eigenvalue weighted by Crippen LogP contribution is 2.16. The van der Waals surface area contributed by atoms with Crippen LogP contribution in [0.15, 0.2) is 42.7 Å². The highest BCUT2D eigenvalue weighted by molar-refractivity contribution is 5.64. The second-order valence-electron chi connectivity index (χ2n) is 3.63. The van der Waals surface area contributed by atoms with E-state index in [-0.39, 0.29) is 0 Å². The molecular weight excluding hydrogens is 212 g/mol. The van der Waals surface area contributed by atoms with Crippen LogP contribution in [0.5, 0.6) is 0 Å². The zero-order valence-corrected chi connectivity index (χ0v) is 9.22. The molecule has 17 heavy (non-hydrogen) atoms. The van der Waals surface area contributed by atoms with Gasteiger partial charge in [0.15, 0.2) is 0 Å². The number of aromatic nitrogens is 1. The average molecular weight is 224 g/mol.